The molecular formula is C17H23N2+. The lowest BCUT2D eigenvalue weighted by Gasteiger charge is -2.11. The quantitative estimate of drug-likeness (QED) is 0.608. The molecule has 0 amide bonds. The van der Waals surface area contributed by atoms with E-state index in [0.29, 0.717) is 0 Å². The number of nitrogens with zero attached hydrogens (tertiary/aromatic N) is 1. The summed E-state index contributed by atoms with van der Waals surface area (Å²) < 4.78 is 0. The molecule has 0 saturated carbocycles. The first-order valence-corrected chi connectivity index (χ1v) is 6.58. The second kappa shape index (κ2) is 8.92. The molecule has 2 heteroatoms. The van der Waals surface area contributed by atoms with Crippen LogP contribution < -0.4 is 9.89 Å². The van der Waals surface area contributed by atoms with E-state index in [1.165, 1.54) is 11.3 Å². The van der Waals surface area contributed by atoms with Gasteiger partial charge in [0.05, 0.1) is 0 Å². The normalized spacial score (nSPS) is 12.4. The Morgan fingerprint density at radius 2 is 1.58 bits per heavy atom. The zero-order chi connectivity index (χ0) is 13.9. The second-order valence-corrected chi connectivity index (χ2v) is 4.34. The molecule has 1 rings (SSSR count). The van der Waals surface area contributed by atoms with Gasteiger partial charge in [-0.25, -0.2) is 4.99 Å². The molecular weight excluding hydrogens is 232 g/mol. The topological polar surface area (TPSA) is 17.2 Å². The molecule has 100 valence electrons. The van der Waals surface area contributed by atoms with Crippen molar-refractivity contribution < 1.29 is 4.99 Å². The SMILES string of the molecule is CC[NH+]=C\C=C/C=C/C=C/c1ccc(N(C)C)cc1. The van der Waals surface area contributed by atoms with E-state index >= 15 is 0 Å². The molecule has 0 fully saturated rings. The van der Waals surface area contributed by atoms with Crippen LogP contribution in [-0.4, -0.2) is 26.9 Å². The first-order valence-electron chi connectivity index (χ1n) is 6.58. The number of rotatable bonds is 6. The molecule has 0 radical (unpaired) electrons. The molecule has 0 aromatic heterocycles. The molecule has 0 spiro atoms. The average Bonchev–Trinajstić information content (AvgIpc) is 2.42. The number of hydrogen-bond donors (Lipinski definition) is 1. The highest BCUT2D eigenvalue weighted by Crippen LogP contribution is 2.12. The predicted octanol–water partition coefficient (Wildman–Crippen LogP) is 2.05. The largest absolute Gasteiger partial charge is 0.378 e. The third-order valence-corrected chi connectivity index (χ3v) is 2.56. The van der Waals surface area contributed by atoms with Crippen LogP contribution in [0.4, 0.5) is 5.69 Å². The van der Waals surface area contributed by atoms with Crippen LogP contribution in [0.3, 0.4) is 0 Å². The minimum Gasteiger partial charge on any atom is -0.378 e. The van der Waals surface area contributed by atoms with E-state index in [1.807, 2.05) is 50.7 Å². The highest BCUT2D eigenvalue weighted by molar-refractivity contribution is 5.65. The molecule has 1 N–H and O–H groups in total. The monoisotopic (exact) mass is 255 g/mol. The highest BCUT2D eigenvalue weighted by Gasteiger charge is 1.92. The van der Waals surface area contributed by atoms with Gasteiger partial charge in [-0.05, 0) is 24.6 Å². The van der Waals surface area contributed by atoms with Crippen LogP contribution in [0.15, 0.2) is 54.6 Å². The van der Waals surface area contributed by atoms with Crippen molar-refractivity contribution in [3.8, 4) is 0 Å². The first-order chi connectivity index (χ1) is 9.24. The summed E-state index contributed by atoms with van der Waals surface area (Å²) in [6.45, 7) is 3.03. The maximum Gasteiger partial charge on any atom is 0.161 e. The number of allylic oxidation sites excluding steroid dienone is 5. The lowest BCUT2D eigenvalue weighted by molar-refractivity contribution is -0.446. The van der Waals surface area contributed by atoms with E-state index in [2.05, 4.69) is 47.2 Å². The Bertz CT molecular complexity index is 463. The summed E-state index contributed by atoms with van der Waals surface area (Å²) in [7, 11) is 4.09. The van der Waals surface area contributed by atoms with E-state index in [0.717, 1.165) is 6.54 Å². The number of hydrogen-bond acceptors (Lipinski definition) is 1. The van der Waals surface area contributed by atoms with Crippen LogP contribution in [0.5, 0.6) is 0 Å². The summed E-state index contributed by atoms with van der Waals surface area (Å²) >= 11 is 0. The van der Waals surface area contributed by atoms with Gasteiger partial charge in [0.25, 0.3) is 0 Å². The molecule has 0 aliphatic rings. The van der Waals surface area contributed by atoms with Crippen LogP contribution in [0.1, 0.15) is 12.5 Å². The van der Waals surface area contributed by atoms with Crippen LogP contribution in [0, 0.1) is 0 Å². The Morgan fingerprint density at radius 3 is 2.21 bits per heavy atom. The maximum absolute atomic E-state index is 3.11. The Morgan fingerprint density at radius 1 is 0.947 bits per heavy atom. The van der Waals surface area contributed by atoms with Gasteiger partial charge >= 0.3 is 0 Å². The molecule has 1 aromatic carbocycles. The standard InChI is InChI=1S/C17H22N2/c1-4-18-15-9-7-5-6-8-10-16-11-13-17(14-12-16)19(2)3/h5-15H,4H2,1-3H3/p+1/b6-5+,9-7-,10-8+,18-15?. The third kappa shape index (κ3) is 6.41. The minimum absolute atomic E-state index is 0.955. The van der Waals surface area contributed by atoms with Gasteiger partial charge in [0.15, 0.2) is 6.21 Å². The van der Waals surface area contributed by atoms with Gasteiger partial charge in [-0.1, -0.05) is 42.5 Å². The fourth-order valence-corrected chi connectivity index (χ4v) is 1.48. The summed E-state index contributed by atoms with van der Waals surface area (Å²) in [5.41, 5.74) is 2.42. The van der Waals surface area contributed by atoms with Gasteiger partial charge < -0.3 is 4.90 Å². The number of anilines is 1. The number of nitrogens with one attached hydrogen (secondary N) is 1. The molecule has 0 aliphatic heterocycles. The summed E-state index contributed by atoms with van der Waals surface area (Å²) in [5.74, 6) is 0. The fourth-order valence-electron chi connectivity index (χ4n) is 1.48. The molecule has 0 aliphatic carbocycles. The predicted molar refractivity (Wildman–Crippen MR) is 85.7 cm³/mol. The number of benzene rings is 1. The first kappa shape index (κ1) is 15.0. The van der Waals surface area contributed by atoms with Gasteiger partial charge in [-0.2, -0.15) is 0 Å². The zero-order valence-corrected chi connectivity index (χ0v) is 12.0. The molecule has 0 saturated heterocycles. The Balaban J connectivity index is 2.46. The smallest absolute Gasteiger partial charge is 0.161 e. The molecule has 0 heterocycles. The molecule has 0 unspecified atom stereocenters. The van der Waals surface area contributed by atoms with Crippen molar-refractivity contribution in [1.29, 1.82) is 0 Å². The molecule has 19 heavy (non-hydrogen) atoms. The van der Waals surface area contributed by atoms with Crippen LogP contribution >= 0.6 is 0 Å². The second-order valence-electron chi connectivity index (χ2n) is 4.34. The van der Waals surface area contributed by atoms with Crippen molar-refractivity contribution in [3.05, 3.63) is 60.2 Å². The van der Waals surface area contributed by atoms with Gasteiger partial charge in [0.1, 0.15) is 6.54 Å². The third-order valence-electron chi connectivity index (χ3n) is 2.56. The van der Waals surface area contributed by atoms with Crippen LogP contribution in [0.2, 0.25) is 0 Å². The van der Waals surface area contributed by atoms with E-state index < -0.39 is 0 Å². The summed E-state index contributed by atoms with van der Waals surface area (Å²) in [4.78, 5) is 5.21. The molecule has 1 aromatic rings. The lowest BCUT2D eigenvalue weighted by Crippen LogP contribution is -2.67. The summed E-state index contributed by atoms with van der Waals surface area (Å²) in [5, 5.41) is 0. The zero-order valence-electron chi connectivity index (χ0n) is 12.0. The van der Waals surface area contributed by atoms with Crippen LogP contribution in [-0.2, 0) is 0 Å². The Kier molecular flexibility index (Phi) is 7.03. The van der Waals surface area contributed by atoms with E-state index in [9.17, 15) is 0 Å². The van der Waals surface area contributed by atoms with Crippen LogP contribution in [0.25, 0.3) is 6.08 Å². The van der Waals surface area contributed by atoms with Gasteiger partial charge in [0.2, 0.25) is 0 Å². The van der Waals surface area contributed by atoms with Crippen molar-refractivity contribution in [1.82, 2.24) is 0 Å². The van der Waals surface area contributed by atoms with Crippen molar-refractivity contribution in [2.75, 3.05) is 25.5 Å². The van der Waals surface area contributed by atoms with Crippen molar-refractivity contribution in [2.45, 2.75) is 6.92 Å². The van der Waals surface area contributed by atoms with Crippen molar-refractivity contribution in [2.24, 2.45) is 0 Å². The van der Waals surface area contributed by atoms with Gasteiger partial charge in [0, 0.05) is 25.9 Å². The minimum atomic E-state index is 0.955. The maximum atomic E-state index is 3.11. The molecule has 0 atom stereocenters. The Labute approximate surface area is 116 Å². The summed E-state index contributed by atoms with van der Waals surface area (Å²) in [6, 6.07) is 8.48. The van der Waals surface area contributed by atoms with Crippen molar-refractivity contribution in [3.63, 3.8) is 0 Å². The lowest BCUT2D eigenvalue weighted by atomic mass is 10.2. The van der Waals surface area contributed by atoms with E-state index in [1.54, 1.807) is 0 Å². The molecule has 0 bridgehead atoms. The fraction of sp³-hybridized carbons (Fsp3) is 0.235. The van der Waals surface area contributed by atoms with E-state index in [4.69, 9.17) is 0 Å². The molecule has 2 nitrogen and oxygen atoms in total. The van der Waals surface area contributed by atoms with Crippen molar-refractivity contribution >= 4 is 18.0 Å². The van der Waals surface area contributed by atoms with Gasteiger partial charge in [-0.15, -0.1) is 0 Å². The average molecular weight is 255 g/mol. The van der Waals surface area contributed by atoms with E-state index in [-0.39, 0.29) is 0 Å². The summed E-state index contributed by atoms with van der Waals surface area (Å²) in [6.07, 6.45) is 14.1. The Hall–Kier alpha value is -2.09. The highest BCUT2D eigenvalue weighted by atomic mass is 15.1. The van der Waals surface area contributed by atoms with Gasteiger partial charge in [-0.3, -0.25) is 0 Å².